The third kappa shape index (κ3) is 6.00. The van der Waals surface area contributed by atoms with Crippen molar-refractivity contribution in [2.24, 2.45) is 0 Å². The third-order valence-electron chi connectivity index (χ3n) is 3.90. The summed E-state index contributed by atoms with van der Waals surface area (Å²) < 4.78 is 43.3. The number of nitrogens with zero attached hydrogens (tertiary/aromatic N) is 1. The second-order valence-corrected chi connectivity index (χ2v) is 5.97. The molecule has 2 aromatic rings. The average molecular weight is 394 g/mol. The molecule has 0 spiro atoms. The molecule has 0 saturated carbocycles. The van der Waals surface area contributed by atoms with Crippen molar-refractivity contribution < 1.29 is 27.5 Å². The maximum atomic E-state index is 12.7. The molecule has 8 heteroatoms. The molecule has 0 aliphatic heterocycles. The van der Waals surface area contributed by atoms with Gasteiger partial charge in [-0.2, -0.15) is 13.2 Å². The fourth-order valence-corrected chi connectivity index (χ4v) is 2.54. The van der Waals surface area contributed by atoms with E-state index in [2.05, 4.69) is 5.32 Å². The Morgan fingerprint density at radius 2 is 1.64 bits per heavy atom. The number of halogens is 3. The highest BCUT2D eigenvalue weighted by molar-refractivity contribution is 5.94. The summed E-state index contributed by atoms with van der Waals surface area (Å²) in [5.74, 6) is 0.00139. The van der Waals surface area contributed by atoms with E-state index in [1.165, 1.54) is 24.0 Å². The maximum Gasteiger partial charge on any atom is 0.416 e. The van der Waals surface area contributed by atoms with Crippen molar-refractivity contribution in [2.75, 3.05) is 23.4 Å². The first-order valence-corrected chi connectivity index (χ1v) is 8.68. The van der Waals surface area contributed by atoms with Gasteiger partial charge >= 0.3 is 6.18 Å². The zero-order chi connectivity index (χ0) is 20.7. The van der Waals surface area contributed by atoms with Gasteiger partial charge in [0, 0.05) is 31.3 Å². The van der Waals surface area contributed by atoms with Crippen LogP contribution in [0.5, 0.6) is 5.75 Å². The number of nitrogens with one attached hydrogen (secondary N) is 1. The smallest absolute Gasteiger partial charge is 0.416 e. The second-order valence-electron chi connectivity index (χ2n) is 5.97. The monoisotopic (exact) mass is 394 g/mol. The Hall–Kier alpha value is -3.03. The minimum atomic E-state index is -4.45. The van der Waals surface area contributed by atoms with E-state index in [0.717, 1.165) is 12.1 Å². The molecule has 2 aromatic carbocycles. The molecular formula is C20H21F3N2O3. The van der Waals surface area contributed by atoms with Gasteiger partial charge in [-0.15, -0.1) is 0 Å². The Morgan fingerprint density at radius 3 is 2.14 bits per heavy atom. The van der Waals surface area contributed by atoms with Crippen LogP contribution in [0.2, 0.25) is 0 Å². The topological polar surface area (TPSA) is 58.6 Å². The van der Waals surface area contributed by atoms with Crippen molar-refractivity contribution in [1.29, 1.82) is 0 Å². The summed E-state index contributed by atoms with van der Waals surface area (Å²) in [5, 5.41) is 2.70. The van der Waals surface area contributed by atoms with Crippen molar-refractivity contribution >= 4 is 23.2 Å². The predicted molar refractivity (Wildman–Crippen MR) is 100 cm³/mol. The first kappa shape index (κ1) is 21.3. The fourth-order valence-electron chi connectivity index (χ4n) is 2.54. The Bertz CT molecular complexity index is 803. The highest BCUT2D eigenvalue weighted by atomic mass is 19.4. The zero-order valence-corrected chi connectivity index (χ0v) is 15.5. The predicted octanol–water partition coefficient (Wildman–Crippen LogP) is 4.49. The molecule has 0 saturated heterocycles. The Kier molecular flexibility index (Phi) is 7.03. The minimum Gasteiger partial charge on any atom is -0.494 e. The number of hydrogen-bond donors (Lipinski definition) is 1. The number of rotatable bonds is 7. The van der Waals surface area contributed by atoms with Gasteiger partial charge < -0.3 is 15.0 Å². The first-order valence-electron chi connectivity index (χ1n) is 8.68. The summed E-state index contributed by atoms with van der Waals surface area (Å²) in [6.07, 6.45) is -4.45. The SMILES string of the molecule is CCOc1ccc(NC(=O)CCN(C(C)=O)c2ccc(C(F)(F)F)cc2)cc1. The number of anilines is 2. The van der Waals surface area contributed by atoms with Crippen LogP contribution in [0.4, 0.5) is 24.5 Å². The number of amides is 2. The van der Waals surface area contributed by atoms with E-state index in [1.54, 1.807) is 24.3 Å². The van der Waals surface area contributed by atoms with Gasteiger partial charge in [-0.3, -0.25) is 9.59 Å². The zero-order valence-electron chi connectivity index (χ0n) is 15.5. The summed E-state index contributed by atoms with van der Waals surface area (Å²) in [6, 6.07) is 11.1. The number of carbonyl (C=O) groups is 2. The third-order valence-corrected chi connectivity index (χ3v) is 3.90. The number of benzene rings is 2. The molecule has 0 unspecified atom stereocenters. The molecular weight excluding hydrogens is 373 g/mol. The second kappa shape index (κ2) is 9.25. The maximum absolute atomic E-state index is 12.7. The first-order chi connectivity index (χ1) is 13.2. The summed E-state index contributed by atoms with van der Waals surface area (Å²) in [7, 11) is 0. The standard InChI is InChI=1S/C20H21F3N2O3/c1-3-28-18-10-6-16(7-11-18)24-19(27)12-13-25(14(2)26)17-8-4-15(5-9-17)20(21,22)23/h4-11H,3,12-13H2,1-2H3,(H,24,27). The van der Waals surface area contributed by atoms with Crippen LogP contribution < -0.4 is 15.0 Å². The highest BCUT2D eigenvalue weighted by Gasteiger charge is 2.30. The molecule has 5 nitrogen and oxygen atoms in total. The molecule has 0 radical (unpaired) electrons. The number of hydrogen-bond acceptors (Lipinski definition) is 3. The van der Waals surface area contributed by atoms with E-state index >= 15 is 0 Å². The summed E-state index contributed by atoms with van der Waals surface area (Å²) in [6.45, 7) is 3.75. The molecule has 2 amide bonds. The van der Waals surface area contributed by atoms with Gasteiger partial charge in [0.15, 0.2) is 0 Å². The van der Waals surface area contributed by atoms with Gasteiger partial charge in [0.2, 0.25) is 11.8 Å². The van der Waals surface area contributed by atoms with Crippen molar-refractivity contribution in [3.8, 4) is 5.75 Å². The van der Waals surface area contributed by atoms with Gasteiger partial charge in [0.1, 0.15) is 5.75 Å². The minimum absolute atomic E-state index is 0.00614. The van der Waals surface area contributed by atoms with Crippen LogP contribution in [0.3, 0.4) is 0 Å². The van der Waals surface area contributed by atoms with Crippen LogP contribution >= 0.6 is 0 Å². The van der Waals surface area contributed by atoms with Crippen molar-refractivity contribution in [2.45, 2.75) is 26.4 Å². The molecule has 0 aliphatic rings. The Labute approximate surface area is 161 Å². The Balaban J connectivity index is 1.97. The van der Waals surface area contributed by atoms with Gasteiger partial charge in [-0.05, 0) is 55.5 Å². The van der Waals surface area contributed by atoms with Crippen molar-refractivity contribution in [3.63, 3.8) is 0 Å². The molecule has 0 aliphatic carbocycles. The van der Waals surface area contributed by atoms with Crippen LogP contribution in [0, 0.1) is 0 Å². The fraction of sp³-hybridized carbons (Fsp3) is 0.300. The van der Waals surface area contributed by atoms with Crippen LogP contribution in [-0.4, -0.2) is 25.0 Å². The summed E-state index contributed by atoms with van der Waals surface area (Å²) in [5.41, 5.74) is 0.0831. The van der Waals surface area contributed by atoms with Gasteiger partial charge in [0.05, 0.1) is 12.2 Å². The molecule has 2 rings (SSSR count). The number of ether oxygens (including phenoxy) is 1. The number of carbonyl (C=O) groups excluding carboxylic acids is 2. The average Bonchev–Trinajstić information content (AvgIpc) is 2.63. The molecule has 0 heterocycles. The molecule has 0 bridgehead atoms. The van der Waals surface area contributed by atoms with E-state index < -0.39 is 11.7 Å². The van der Waals surface area contributed by atoms with E-state index in [9.17, 15) is 22.8 Å². The molecule has 0 fully saturated rings. The largest absolute Gasteiger partial charge is 0.494 e. The summed E-state index contributed by atoms with van der Waals surface area (Å²) >= 11 is 0. The quantitative estimate of drug-likeness (QED) is 0.753. The van der Waals surface area contributed by atoms with Gasteiger partial charge in [-0.25, -0.2) is 0 Å². The lowest BCUT2D eigenvalue weighted by Crippen LogP contribution is -2.32. The van der Waals surface area contributed by atoms with Crippen LogP contribution in [0.25, 0.3) is 0 Å². The van der Waals surface area contributed by atoms with E-state index in [4.69, 9.17) is 4.74 Å². The molecule has 28 heavy (non-hydrogen) atoms. The van der Waals surface area contributed by atoms with Gasteiger partial charge in [-0.1, -0.05) is 0 Å². The number of alkyl halides is 3. The molecule has 150 valence electrons. The lowest BCUT2D eigenvalue weighted by atomic mass is 10.2. The molecule has 0 aromatic heterocycles. The summed E-state index contributed by atoms with van der Waals surface area (Å²) in [4.78, 5) is 25.3. The van der Waals surface area contributed by atoms with Crippen LogP contribution in [-0.2, 0) is 15.8 Å². The van der Waals surface area contributed by atoms with E-state index in [0.29, 0.717) is 23.7 Å². The molecule has 0 atom stereocenters. The van der Waals surface area contributed by atoms with E-state index in [-0.39, 0.29) is 24.8 Å². The molecule has 1 N–H and O–H groups in total. The van der Waals surface area contributed by atoms with Crippen molar-refractivity contribution in [1.82, 2.24) is 0 Å². The highest BCUT2D eigenvalue weighted by Crippen LogP contribution is 2.30. The normalized spacial score (nSPS) is 11.0. The lowest BCUT2D eigenvalue weighted by Gasteiger charge is -2.21. The Morgan fingerprint density at radius 1 is 1.04 bits per heavy atom. The van der Waals surface area contributed by atoms with Crippen LogP contribution in [0.15, 0.2) is 48.5 Å². The van der Waals surface area contributed by atoms with Crippen LogP contribution in [0.1, 0.15) is 25.8 Å². The van der Waals surface area contributed by atoms with Gasteiger partial charge in [0.25, 0.3) is 0 Å². The van der Waals surface area contributed by atoms with Crippen molar-refractivity contribution in [3.05, 3.63) is 54.1 Å². The lowest BCUT2D eigenvalue weighted by molar-refractivity contribution is -0.137. The van der Waals surface area contributed by atoms with E-state index in [1.807, 2.05) is 6.92 Å².